The molecule has 5 nitrogen and oxygen atoms in total. The molecule has 0 spiro atoms. The van der Waals surface area contributed by atoms with Gasteiger partial charge in [-0.05, 0) is 40.7 Å². The Morgan fingerprint density at radius 1 is 1.21 bits per heavy atom. The molecule has 0 aromatic heterocycles. The summed E-state index contributed by atoms with van der Waals surface area (Å²) < 4.78 is 5.36. The Labute approximate surface area is 115 Å². The van der Waals surface area contributed by atoms with Crippen LogP contribution in [0.2, 0.25) is 0 Å². The van der Waals surface area contributed by atoms with E-state index >= 15 is 0 Å². The molecule has 2 amide bonds. The third-order valence-electron chi connectivity index (χ3n) is 3.00. The van der Waals surface area contributed by atoms with Crippen LogP contribution in [0.25, 0.3) is 0 Å². The van der Waals surface area contributed by atoms with Gasteiger partial charge in [-0.1, -0.05) is 6.58 Å². The van der Waals surface area contributed by atoms with E-state index in [0.29, 0.717) is 13.1 Å². The van der Waals surface area contributed by atoms with Crippen LogP contribution in [-0.4, -0.2) is 52.6 Å². The van der Waals surface area contributed by atoms with Crippen LogP contribution in [0, 0.1) is 0 Å². The van der Waals surface area contributed by atoms with E-state index in [4.69, 9.17) is 4.74 Å². The average Bonchev–Trinajstić information content (AvgIpc) is 2.25. The number of piperazine rings is 1. The van der Waals surface area contributed by atoms with Crippen molar-refractivity contribution in [2.75, 3.05) is 13.1 Å². The minimum atomic E-state index is -0.502. The lowest BCUT2D eigenvalue weighted by Gasteiger charge is -2.44. The first-order valence-electron chi connectivity index (χ1n) is 6.58. The highest BCUT2D eigenvalue weighted by atomic mass is 16.6. The molecule has 0 aromatic rings. The summed E-state index contributed by atoms with van der Waals surface area (Å²) in [5.41, 5.74) is -0.502. The molecule has 1 heterocycles. The van der Waals surface area contributed by atoms with E-state index in [1.165, 1.54) is 6.08 Å². The largest absolute Gasteiger partial charge is 0.444 e. The first-order chi connectivity index (χ1) is 8.65. The fourth-order valence-corrected chi connectivity index (χ4v) is 2.34. The Morgan fingerprint density at radius 3 is 2.05 bits per heavy atom. The molecule has 2 atom stereocenters. The van der Waals surface area contributed by atoms with Crippen molar-refractivity contribution in [1.82, 2.24) is 9.80 Å². The smallest absolute Gasteiger partial charge is 0.410 e. The fraction of sp³-hybridized carbons (Fsp3) is 0.714. The normalized spacial score (nSPS) is 24.1. The van der Waals surface area contributed by atoms with Gasteiger partial charge >= 0.3 is 6.09 Å². The maximum absolute atomic E-state index is 12.0. The second-order valence-corrected chi connectivity index (χ2v) is 6.03. The van der Waals surface area contributed by atoms with E-state index in [1.807, 2.05) is 34.6 Å². The van der Waals surface area contributed by atoms with Crippen LogP contribution in [0.1, 0.15) is 34.6 Å². The third-order valence-corrected chi connectivity index (χ3v) is 3.00. The molecule has 0 radical (unpaired) electrons. The molecule has 1 aliphatic heterocycles. The summed E-state index contributed by atoms with van der Waals surface area (Å²) in [6.07, 6.45) is 0.993. The summed E-state index contributed by atoms with van der Waals surface area (Å²) in [7, 11) is 0. The van der Waals surface area contributed by atoms with Gasteiger partial charge in [0.2, 0.25) is 5.91 Å². The molecule has 5 heteroatoms. The van der Waals surface area contributed by atoms with Crippen molar-refractivity contribution in [2.24, 2.45) is 0 Å². The van der Waals surface area contributed by atoms with Crippen molar-refractivity contribution >= 4 is 12.0 Å². The number of carbonyl (C=O) groups excluding carboxylic acids is 2. The van der Waals surface area contributed by atoms with Gasteiger partial charge in [0.15, 0.2) is 0 Å². The zero-order chi connectivity index (χ0) is 14.8. The molecule has 0 aliphatic carbocycles. The Balaban J connectivity index is 2.72. The monoisotopic (exact) mass is 268 g/mol. The van der Waals surface area contributed by atoms with Crippen molar-refractivity contribution < 1.29 is 14.3 Å². The van der Waals surface area contributed by atoms with Crippen molar-refractivity contribution in [2.45, 2.75) is 52.3 Å². The van der Waals surface area contributed by atoms with Crippen molar-refractivity contribution in [3.8, 4) is 0 Å². The molecule has 1 aliphatic rings. The van der Waals surface area contributed by atoms with Crippen LogP contribution in [0.15, 0.2) is 12.7 Å². The van der Waals surface area contributed by atoms with Crippen LogP contribution in [-0.2, 0) is 9.53 Å². The maximum Gasteiger partial charge on any atom is 0.410 e. The number of rotatable bonds is 1. The molecule has 108 valence electrons. The zero-order valence-electron chi connectivity index (χ0n) is 12.5. The summed E-state index contributed by atoms with van der Waals surface area (Å²) in [6, 6.07) is -0.0801. The van der Waals surface area contributed by atoms with Gasteiger partial charge in [-0.25, -0.2) is 4.79 Å². The van der Waals surface area contributed by atoms with Crippen molar-refractivity contribution in [3.05, 3.63) is 12.7 Å². The summed E-state index contributed by atoms with van der Waals surface area (Å²) in [6.45, 7) is 13.9. The van der Waals surface area contributed by atoms with Crippen LogP contribution in [0.4, 0.5) is 4.79 Å². The van der Waals surface area contributed by atoms with Gasteiger partial charge in [0, 0.05) is 25.2 Å². The van der Waals surface area contributed by atoms with Gasteiger partial charge in [0.1, 0.15) is 5.60 Å². The minimum Gasteiger partial charge on any atom is -0.444 e. The van der Waals surface area contributed by atoms with Crippen molar-refractivity contribution in [1.29, 1.82) is 0 Å². The topological polar surface area (TPSA) is 49.9 Å². The molecule has 0 bridgehead atoms. The number of hydrogen-bond acceptors (Lipinski definition) is 3. The van der Waals surface area contributed by atoms with Gasteiger partial charge in [-0.15, -0.1) is 0 Å². The summed E-state index contributed by atoms with van der Waals surface area (Å²) >= 11 is 0. The quantitative estimate of drug-likeness (QED) is 0.684. The van der Waals surface area contributed by atoms with E-state index < -0.39 is 5.60 Å². The van der Waals surface area contributed by atoms with Crippen LogP contribution in [0.3, 0.4) is 0 Å². The highest BCUT2D eigenvalue weighted by molar-refractivity contribution is 5.87. The van der Waals surface area contributed by atoms with Gasteiger partial charge in [-0.3, -0.25) is 4.79 Å². The number of carbonyl (C=O) groups is 2. The fourth-order valence-electron chi connectivity index (χ4n) is 2.34. The Morgan fingerprint density at radius 2 is 1.68 bits per heavy atom. The SMILES string of the molecule is C=CC(=O)N1[C@H](C)CN(C(=O)OC(C)(C)C)C[C@@H]1C. The molecule has 0 aromatic carbocycles. The molecule has 19 heavy (non-hydrogen) atoms. The predicted molar refractivity (Wildman–Crippen MR) is 73.8 cm³/mol. The molecular formula is C14H24N2O3. The third kappa shape index (κ3) is 3.98. The number of ether oxygens (including phenoxy) is 1. The van der Waals surface area contributed by atoms with Crippen molar-refractivity contribution in [3.63, 3.8) is 0 Å². The summed E-state index contributed by atoms with van der Waals surface area (Å²) in [4.78, 5) is 27.2. The lowest BCUT2D eigenvalue weighted by atomic mass is 10.1. The molecule has 0 unspecified atom stereocenters. The molecule has 0 saturated carbocycles. The molecular weight excluding hydrogens is 244 g/mol. The van der Waals surface area contributed by atoms with E-state index in [2.05, 4.69) is 6.58 Å². The lowest BCUT2D eigenvalue weighted by Crippen LogP contribution is -2.59. The summed E-state index contributed by atoms with van der Waals surface area (Å²) in [5, 5.41) is 0. The maximum atomic E-state index is 12.0. The molecule has 1 rings (SSSR count). The molecule has 0 N–H and O–H groups in total. The standard InChI is InChI=1S/C14H24N2O3/c1-7-12(17)16-10(2)8-15(9-11(16)3)13(18)19-14(4,5)6/h7,10-11H,1,8-9H2,2-6H3/t10-,11+. The first-order valence-corrected chi connectivity index (χ1v) is 6.58. The van der Waals surface area contributed by atoms with Crippen LogP contribution in [0.5, 0.6) is 0 Å². The van der Waals surface area contributed by atoms with Gasteiger partial charge in [0.05, 0.1) is 0 Å². The molecule has 1 saturated heterocycles. The van der Waals surface area contributed by atoms with E-state index in [0.717, 1.165) is 0 Å². The van der Waals surface area contributed by atoms with Gasteiger partial charge in [0.25, 0.3) is 0 Å². The summed E-state index contributed by atoms with van der Waals surface area (Å²) in [5.74, 6) is -0.0937. The van der Waals surface area contributed by atoms with E-state index in [9.17, 15) is 9.59 Å². The van der Waals surface area contributed by atoms with Gasteiger partial charge in [-0.2, -0.15) is 0 Å². The van der Waals surface area contributed by atoms with Crippen LogP contribution >= 0.6 is 0 Å². The van der Waals surface area contributed by atoms with E-state index in [-0.39, 0.29) is 24.1 Å². The number of nitrogens with zero attached hydrogens (tertiary/aromatic N) is 2. The highest BCUT2D eigenvalue weighted by Crippen LogP contribution is 2.19. The predicted octanol–water partition coefficient (Wildman–Crippen LogP) is 2.03. The zero-order valence-corrected chi connectivity index (χ0v) is 12.5. The Bertz CT molecular complexity index is 361. The number of amides is 2. The molecule has 1 fully saturated rings. The highest BCUT2D eigenvalue weighted by Gasteiger charge is 2.35. The first kappa shape index (κ1) is 15.5. The average molecular weight is 268 g/mol. The lowest BCUT2D eigenvalue weighted by molar-refractivity contribution is -0.133. The van der Waals surface area contributed by atoms with E-state index in [1.54, 1.807) is 9.80 Å². The Kier molecular flexibility index (Phi) is 4.61. The second kappa shape index (κ2) is 5.63. The Hall–Kier alpha value is -1.52. The van der Waals surface area contributed by atoms with Crippen LogP contribution < -0.4 is 0 Å². The second-order valence-electron chi connectivity index (χ2n) is 6.03. The number of hydrogen-bond donors (Lipinski definition) is 0. The van der Waals surface area contributed by atoms with Gasteiger partial charge < -0.3 is 14.5 Å². The minimum absolute atomic E-state index is 0.0400.